The number of amides is 1. The molecule has 1 saturated heterocycles. The van der Waals surface area contributed by atoms with Gasteiger partial charge in [0.15, 0.2) is 0 Å². The van der Waals surface area contributed by atoms with Crippen LogP contribution in [-0.4, -0.2) is 29.9 Å². The van der Waals surface area contributed by atoms with Crippen LogP contribution >= 0.6 is 0 Å². The number of carbonyl (C=O) groups is 1. The number of likely N-dealkylation sites (tertiary alicyclic amines) is 1. The van der Waals surface area contributed by atoms with Gasteiger partial charge in [0.2, 0.25) is 5.91 Å². The molecule has 1 unspecified atom stereocenters. The molecule has 1 aliphatic heterocycles. The number of hydrogen-bond donors (Lipinski definition) is 1. The van der Waals surface area contributed by atoms with Crippen LogP contribution in [0.2, 0.25) is 0 Å². The Kier molecular flexibility index (Phi) is 4.20. The molecule has 20 heavy (non-hydrogen) atoms. The molecule has 1 heterocycles. The molecule has 3 nitrogen and oxygen atoms in total. The maximum absolute atomic E-state index is 12.6. The summed E-state index contributed by atoms with van der Waals surface area (Å²) in [7, 11) is 0. The summed E-state index contributed by atoms with van der Waals surface area (Å²) in [6.45, 7) is 3.00. The Balaban J connectivity index is 2.00. The number of nitrogens with zero attached hydrogens (tertiary/aromatic N) is 1. The first-order valence-electron chi connectivity index (χ1n) is 6.61. The van der Waals surface area contributed by atoms with Gasteiger partial charge in [0, 0.05) is 31.2 Å². The van der Waals surface area contributed by atoms with Crippen molar-refractivity contribution in [1.29, 1.82) is 0 Å². The van der Waals surface area contributed by atoms with E-state index in [9.17, 15) is 18.0 Å². The molecule has 1 aliphatic rings. The normalized spacial score (nSPS) is 19.2. The summed E-state index contributed by atoms with van der Waals surface area (Å²) in [6.07, 6.45) is -3.13. The zero-order chi connectivity index (χ0) is 14.8. The summed E-state index contributed by atoms with van der Waals surface area (Å²) in [5, 5.41) is 3.07. The second-order valence-electron chi connectivity index (χ2n) is 4.90. The first-order valence-corrected chi connectivity index (χ1v) is 6.61. The van der Waals surface area contributed by atoms with E-state index in [4.69, 9.17) is 0 Å². The Bertz CT molecular complexity index is 488. The molecular weight excluding hydrogens is 269 g/mol. The summed E-state index contributed by atoms with van der Waals surface area (Å²) in [6, 6.07) is 5.15. The molecule has 110 valence electrons. The zero-order valence-corrected chi connectivity index (χ0v) is 11.2. The van der Waals surface area contributed by atoms with Crippen LogP contribution in [0.3, 0.4) is 0 Å². The molecule has 2 rings (SSSR count). The van der Waals surface area contributed by atoms with Crippen LogP contribution in [-0.2, 0) is 11.0 Å². The van der Waals surface area contributed by atoms with Gasteiger partial charge in [-0.15, -0.1) is 0 Å². The molecule has 0 bridgehead atoms. The molecule has 0 saturated carbocycles. The van der Waals surface area contributed by atoms with E-state index in [1.165, 1.54) is 6.07 Å². The van der Waals surface area contributed by atoms with Crippen molar-refractivity contribution in [3.63, 3.8) is 0 Å². The highest BCUT2D eigenvalue weighted by Gasteiger charge is 2.31. The lowest BCUT2D eigenvalue weighted by atomic mass is 10.1. The molecule has 1 atom stereocenters. The number of benzene rings is 1. The van der Waals surface area contributed by atoms with Crippen LogP contribution in [0.4, 0.5) is 18.9 Å². The SMILES string of the molecule is CCC(=O)N1CCC(Nc2cccc(C(F)(F)F)c2)C1. The van der Waals surface area contributed by atoms with E-state index in [1.54, 1.807) is 17.9 Å². The largest absolute Gasteiger partial charge is 0.416 e. The Hall–Kier alpha value is -1.72. The minimum absolute atomic E-state index is 0.00832. The highest BCUT2D eigenvalue weighted by molar-refractivity contribution is 5.76. The number of rotatable bonds is 3. The number of nitrogens with one attached hydrogen (secondary N) is 1. The molecule has 6 heteroatoms. The quantitative estimate of drug-likeness (QED) is 0.926. The Labute approximate surface area is 115 Å². The van der Waals surface area contributed by atoms with Crippen molar-refractivity contribution >= 4 is 11.6 Å². The lowest BCUT2D eigenvalue weighted by Crippen LogP contribution is -2.30. The number of alkyl halides is 3. The van der Waals surface area contributed by atoms with E-state index in [2.05, 4.69) is 5.32 Å². The van der Waals surface area contributed by atoms with Crippen molar-refractivity contribution in [2.24, 2.45) is 0 Å². The maximum atomic E-state index is 12.6. The van der Waals surface area contributed by atoms with E-state index in [0.717, 1.165) is 18.6 Å². The molecule has 1 aromatic carbocycles. The van der Waals surface area contributed by atoms with Gasteiger partial charge in [0.05, 0.1) is 5.56 Å². The van der Waals surface area contributed by atoms with E-state index in [-0.39, 0.29) is 11.9 Å². The van der Waals surface area contributed by atoms with Gasteiger partial charge in [-0.2, -0.15) is 13.2 Å². The van der Waals surface area contributed by atoms with Crippen LogP contribution in [0, 0.1) is 0 Å². The summed E-state index contributed by atoms with van der Waals surface area (Å²) in [5.41, 5.74) is -0.224. The standard InChI is InChI=1S/C14H17F3N2O/c1-2-13(20)19-7-6-12(9-19)18-11-5-3-4-10(8-11)14(15,16)17/h3-5,8,12,18H,2,6-7,9H2,1H3. The fraction of sp³-hybridized carbons (Fsp3) is 0.500. The van der Waals surface area contributed by atoms with Crippen LogP contribution in [0.25, 0.3) is 0 Å². The lowest BCUT2D eigenvalue weighted by Gasteiger charge is -2.17. The summed E-state index contributed by atoms with van der Waals surface area (Å²) < 4.78 is 37.8. The zero-order valence-electron chi connectivity index (χ0n) is 11.2. The monoisotopic (exact) mass is 286 g/mol. The predicted molar refractivity (Wildman–Crippen MR) is 70.3 cm³/mol. The minimum atomic E-state index is -4.34. The van der Waals surface area contributed by atoms with Gasteiger partial charge >= 0.3 is 6.18 Å². The van der Waals surface area contributed by atoms with Gasteiger partial charge in [-0.3, -0.25) is 4.79 Å². The Morgan fingerprint density at radius 2 is 2.20 bits per heavy atom. The number of anilines is 1. The fourth-order valence-electron chi connectivity index (χ4n) is 2.35. The number of halogens is 3. The molecular formula is C14H17F3N2O. The third kappa shape index (κ3) is 3.43. The second-order valence-corrected chi connectivity index (χ2v) is 4.90. The Morgan fingerprint density at radius 3 is 2.85 bits per heavy atom. The van der Waals surface area contributed by atoms with Gasteiger partial charge in [-0.25, -0.2) is 0 Å². The molecule has 0 aliphatic carbocycles. The molecule has 1 aromatic rings. The molecule has 0 aromatic heterocycles. The summed E-state index contributed by atoms with van der Waals surface area (Å²) in [5.74, 6) is 0.0818. The van der Waals surface area contributed by atoms with Crippen molar-refractivity contribution < 1.29 is 18.0 Å². The first kappa shape index (κ1) is 14.7. The van der Waals surface area contributed by atoms with Crippen molar-refractivity contribution in [2.45, 2.75) is 32.0 Å². The third-order valence-corrected chi connectivity index (χ3v) is 3.40. The summed E-state index contributed by atoms with van der Waals surface area (Å²) in [4.78, 5) is 13.3. The maximum Gasteiger partial charge on any atom is 0.416 e. The summed E-state index contributed by atoms with van der Waals surface area (Å²) >= 11 is 0. The van der Waals surface area contributed by atoms with E-state index in [0.29, 0.717) is 25.2 Å². The smallest absolute Gasteiger partial charge is 0.380 e. The van der Waals surface area contributed by atoms with Crippen molar-refractivity contribution in [1.82, 2.24) is 4.90 Å². The number of hydrogen-bond acceptors (Lipinski definition) is 2. The molecule has 0 radical (unpaired) electrons. The van der Waals surface area contributed by atoms with Crippen molar-refractivity contribution in [3.8, 4) is 0 Å². The average molecular weight is 286 g/mol. The topological polar surface area (TPSA) is 32.3 Å². The van der Waals surface area contributed by atoms with Crippen molar-refractivity contribution in [2.75, 3.05) is 18.4 Å². The van der Waals surface area contributed by atoms with Gasteiger partial charge in [0.1, 0.15) is 0 Å². The molecule has 1 amide bonds. The fourth-order valence-corrected chi connectivity index (χ4v) is 2.35. The van der Waals surface area contributed by atoms with E-state index in [1.807, 2.05) is 0 Å². The predicted octanol–water partition coefficient (Wildman–Crippen LogP) is 3.13. The highest BCUT2D eigenvalue weighted by atomic mass is 19.4. The van der Waals surface area contributed by atoms with Gasteiger partial charge in [-0.1, -0.05) is 13.0 Å². The molecule has 1 N–H and O–H groups in total. The molecule has 1 fully saturated rings. The van der Waals surface area contributed by atoms with Crippen molar-refractivity contribution in [3.05, 3.63) is 29.8 Å². The minimum Gasteiger partial charge on any atom is -0.380 e. The van der Waals surface area contributed by atoms with Gasteiger partial charge < -0.3 is 10.2 Å². The molecule has 0 spiro atoms. The van der Waals surface area contributed by atoms with Crippen LogP contribution < -0.4 is 5.32 Å². The average Bonchev–Trinajstić information content (AvgIpc) is 2.85. The Morgan fingerprint density at radius 1 is 1.45 bits per heavy atom. The van der Waals surface area contributed by atoms with Crippen LogP contribution in [0.15, 0.2) is 24.3 Å². The van der Waals surface area contributed by atoms with E-state index < -0.39 is 11.7 Å². The first-order chi connectivity index (χ1) is 9.40. The third-order valence-electron chi connectivity index (χ3n) is 3.40. The lowest BCUT2D eigenvalue weighted by molar-refractivity contribution is -0.137. The van der Waals surface area contributed by atoms with Gasteiger partial charge in [-0.05, 0) is 24.6 Å². The highest BCUT2D eigenvalue weighted by Crippen LogP contribution is 2.31. The van der Waals surface area contributed by atoms with Gasteiger partial charge in [0.25, 0.3) is 0 Å². The van der Waals surface area contributed by atoms with Crippen LogP contribution in [0.1, 0.15) is 25.3 Å². The second kappa shape index (κ2) is 5.73. The van der Waals surface area contributed by atoms with Crippen LogP contribution in [0.5, 0.6) is 0 Å². The number of carbonyl (C=O) groups excluding carboxylic acids is 1. The van der Waals surface area contributed by atoms with E-state index >= 15 is 0 Å².